The fraction of sp³-hybridized carbons (Fsp3) is 0. The molecule has 0 aliphatic rings. The average molecular weight is 418 g/mol. The van der Waals surface area contributed by atoms with E-state index in [9.17, 15) is 12.8 Å². The first-order chi connectivity index (χ1) is 13.3. The van der Waals surface area contributed by atoms with Crippen LogP contribution in [0.3, 0.4) is 0 Å². The van der Waals surface area contributed by atoms with E-state index in [2.05, 4.69) is 19.9 Å². The Kier molecular flexibility index (Phi) is 4.40. The van der Waals surface area contributed by atoms with Gasteiger partial charge in [-0.25, -0.2) is 17.8 Å². The second-order valence-electron chi connectivity index (χ2n) is 5.96. The van der Waals surface area contributed by atoms with Gasteiger partial charge in [-0.1, -0.05) is 23.7 Å². The number of nitrogens with two attached hydrogens (primary N) is 1. The molecule has 0 bridgehead atoms. The maximum Gasteiger partial charge on any atom is 0.264 e. The lowest BCUT2D eigenvalue weighted by Crippen LogP contribution is -2.14. The van der Waals surface area contributed by atoms with Crippen molar-refractivity contribution in [3.63, 3.8) is 0 Å². The van der Waals surface area contributed by atoms with Gasteiger partial charge in [0.05, 0.1) is 11.1 Å². The summed E-state index contributed by atoms with van der Waals surface area (Å²) in [7, 11) is -4.12. The highest BCUT2D eigenvalue weighted by atomic mass is 35.5. The van der Waals surface area contributed by atoms with Crippen molar-refractivity contribution in [3.8, 4) is 11.3 Å². The number of H-pyrrole nitrogens is 1. The van der Waals surface area contributed by atoms with E-state index in [1.807, 2.05) is 0 Å². The molecule has 4 aromatic rings. The number of sulfonamides is 1. The molecule has 2 aromatic heterocycles. The molecular weight excluding hydrogens is 405 g/mol. The van der Waals surface area contributed by atoms with Crippen LogP contribution in [-0.4, -0.2) is 23.6 Å². The molecule has 0 radical (unpaired) electrons. The fourth-order valence-corrected chi connectivity index (χ4v) is 4.09. The Morgan fingerprint density at radius 1 is 1.07 bits per heavy atom. The molecule has 0 atom stereocenters. The normalized spacial score (nSPS) is 11.6. The smallest absolute Gasteiger partial charge is 0.264 e. The molecule has 0 amide bonds. The van der Waals surface area contributed by atoms with Gasteiger partial charge in [-0.2, -0.15) is 5.10 Å². The number of nitrogens with zero attached hydrogens (tertiary/aromatic N) is 2. The minimum atomic E-state index is -4.12. The van der Waals surface area contributed by atoms with Crippen LogP contribution >= 0.6 is 11.6 Å². The van der Waals surface area contributed by atoms with Gasteiger partial charge in [0, 0.05) is 16.3 Å². The Morgan fingerprint density at radius 2 is 1.82 bits per heavy atom. The molecule has 0 fully saturated rings. The van der Waals surface area contributed by atoms with Crippen molar-refractivity contribution in [3.05, 3.63) is 65.4 Å². The van der Waals surface area contributed by atoms with Gasteiger partial charge in [-0.05, 0) is 42.5 Å². The number of hydrogen-bond donors (Lipinski definition) is 3. The standard InChI is InChI=1S/C18H13ClFN5O2S/c19-11-3-7-14(20)16(9-11)28(26,27)25-12-4-1-10(2-5-12)15-8-6-13-17(21)23-24-18(13)22-15/h1-9,25H,(H3,21,22,23,24). The second kappa shape index (κ2) is 6.77. The number of aromatic nitrogens is 3. The van der Waals surface area contributed by atoms with Gasteiger partial charge in [-0.3, -0.25) is 9.82 Å². The lowest BCUT2D eigenvalue weighted by Gasteiger charge is -2.10. The molecule has 4 N–H and O–H groups in total. The molecule has 0 aliphatic heterocycles. The van der Waals surface area contributed by atoms with Gasteiger partial charge >= 0.3 is 0 Å². The molecule has 2 heterocycles. The molecule has 142 valence electrons. The van der Waals surface area contributed by atoms with Crippen LogP contribution in [-0.2, 0) is 10.0 Å². The Morgan fingerprint density at radius 3 is 2.57 bits per heavy atom. The highest BCUT2D eigenvalue weighted by molar-refractivity contribution is 7.92. The largest absolute Gasteiger partial charge is 0.382 e. The van der Waals surface area contributed by atoms with Crippen molar-refractivity contribution >= 4 is 44.2 Å². The van der Waals surface area contributed by atoms with E-state index >= 15 is 0 Å². The molecule has 0 spiro atoms. The van der Waals surface area contributed by atoms with Crippen molar-refractivity contribution in [1.82, 2.24) is 15.2 Å². The molecule has 28 heavy (non-hydrogen) atoms. The Labute approximate surface area is 164 Å². The molecule has 0 unspecified atom stereocenters. The minimum absolute atomic E-state index is 0.123. The predicted molar refractivity (Wildman–Crippen MR) is 106 cm³/mol. The summed E-state index contributed by atoms with van der Waals surface area (Å²) < 4.78 is 41.1. The molecule has 0 saturated carbocycles. The van der Waals surface area contributed by atoms with Crippen LogP contribution in [0.1, 0.15) is 0 Å². The maximum atomic E-state index is 13.9. The Hall–Kier alpha value is -3.17. The number of benzene rings is 2. The highest BCUT2D eigenvalue weighted by Gasteiger charge is 2.19. The number of anilines is 2. The Balaban J connectivity index is 1.61. The van der Waals surface area contributed by atoms with Gasteiger partial charge in [-0.15, -0.1) is 0 Å². The first kappa shape index (κ1) is 18.2. The van der Waals surface area contributed by atoms with Gasteiger partial charge in [0.15, 0.2) is 11.5 Å². The molecule has 2 aromatic carbocycles. The van der Waals surface area contributed by atoms with Crippen molar-refractivity contribution in [2.45, 2.75) is 4.90 Å². The number of aromatic amines is 1. The van der Waals surface area contributed by atoms with Crippen LogP contribution in [0.5, 0.6) is 0 Å². The molecule has 0 saturated heterocycles. The maximum absolute atomic E-state index is 13.9. The quantitative estimate of drug-likeness (QED) is 0.467. The summed E-state index contributed by atoms with van der Waals surface area (Å²) >= 11 is 5.78. The van der Waals surface area contributed by atoms with Crippen LogP contribution in [0.15, 0.2) is 59.5 Å². The number of nitrogens with one attached hydrogen (secondary N) is 2. The number of pyridine rings is 1. The first-order valence-corrected chi connectivity index (χ1v) is 9.88. The average Bonchev–Trinajstić information content (AvgIpc) is 3.04. The topological polar surface area (TPSA) is 114 Å². The van der Waals surface area contributed by atoms with Crippen LogP contribution in [0.4, 0.5) is 15.9 Å². The van der Waals surface area contributed by atoms with E-state index < -0.39 is 20.7 Å². The molecule has 10 heteroatoms. The summed E-state index contributed by atoms with van der Waals surface area (Å²) in [6.07, 6.45) is 0. The van der Waals surface area contributed by atoms with E-state index in [0.29, 0.717) is 17.2 Å². The zero-order valence-electron chi connectivity index (χ0n) is 14.1. The number of hydrogen-bond acceptors (Lipinski definition) is 5. The van der Waals surface area contributed by atoms with E-state index in [-0.39, 0.29) is 10.7 Å². The lowest BCUT2D eigenvalue weighted by atomic mass is 10.1. The zero-order chi connectivity index (χ0) is 19.9. The summed E-state index contributed by atoms with van der Waals surface area (Å²) in [6.45, 7) is 0. The van der Waals surface area contributed by atoms with Gasteiger partial charge in [0.1, 0.15) is 10.7 Å². The SMILES string of the molecule is Nc1n[nH]c2nc(-c3ccc(NS(=O)(=O)c4cc(Cl)ccc4F)cc3)ccc12. The number of halogens is 2. The fourth-order valence-electron chi connectivity index (χ4n) is 2.69. The van der Waals surface area contributed by atoms with Crippen molar-refractivity contribution < 1.29 is 12.8 Å². The van der Waals surface area contributed by atoms with Crippen molar-refractivity contribution in [1.29, 1.82) is 0 Å². The third kappa shape index (κ3) is 3.37. The summed E-state index contributed by atoms with van der Waals surface area (Å²) in [6, 6.07) is 13.4. The molecular formula is C18H13ClFN5O2S. The third-order valence-corrected chi connectivity index (χ3v) is 5.70. The number of fused-ring (bicyclic) bond motifs is 1. The summed E-state index contributed by atoms with van der Waals surface area (Å²) in [5.74, 6) is -0.517. The molecule has 7 nitrogen and oxygen atoms in total. The number of nitrogen functional groups attached to an aromatic ring is 1. The Bertz CT molecular complexity index is 1290. The third-order valence-electron chi connectivity index (χ3n) is 4.07. The first-order valence-electron chi connectivity index (χ1n) is 8.02. The van der Waals surface area contributed by atoms with Gasteiger partial charge in [0.2, 0.25) is 0 Å². The van der Waals surface area contributed by atoms with Crippen LogP contribution in [0.2, 0.25) is 5.02 Å². The predicted octanol–water partition coefficient (Wildman–Crippen LogP) is 3.80. The van der Waals surface area contributed by atoms with Crippen LogP contribution < -0.4 is 10.5 Å². The summed E-state index contributed by atoms with van der Waals surface area (Å²) in [5.41, 5.74) is 7.97. The van der Waals surface area contributed by atoms with E-state index in [4.69, 9.17) is 17.3 Å². The lowest BCUT2D eigenvalue weighted by molar-refractivity contribution is 0.570. The van der Waals surface area contributed by atoms with Crippen molar-refractivity contribution in [2.24, 2.45) is 0 Å². The molecule has 4 rings (SSSR count). The van der Waals surface area contributed by atoms with Crippen LogP contribution in [0.25, 0.3) is 22.3 Å². The molecule has 0 aliphatic carbocycles. The number of rotatable bonds is 4. The van der Waals surface area contributed by atoms with E-state index in [1.54, 1.807) is 36.4 Å². The monoisotopic (exact) mass is 417 g/mol. The van der Waals surface area contributed by atoms with Gasteiger partial charge < -0.3 is 5.73 Å². The van der Waals surface area contributed by atoms with Gasteiger partial charge in [0.25, 0.3) is 10.0 Å². The summed E-state index contributed by atoms with van der Waals surface area (Å²) in [5, 5.41) is 7.49. The second-order valence-corrected chi connectivity index (χ2v) is 8.05. The van der Waals surface area contributed by atoms with E-state index in [1.165, 1.54) is 6.07 Å². The van der Waals surface area contributed by atoms with Crippen molar-refractivity contribution in [2.75, 3.05) is 10.5 Å². The van der Waals surface area contributed by atoms with Crippen LogP contribution in [0, 0.1) is 5.82 Å². The summed E-state index contributed by atoms with van der Waals surface area (Å²) in [4.78, 5) is 3.92. The minimum Gasteiger partial charge on any atom is -0.382 e. The highest BCUT2D eigenvalue weighted by Crippen LogP contribution is 2.26. The zero-order valence-corrected chi connectivity index (χ0v) is 15.7. The van der Waals surface area contributed by atoms with E-state index in [0.717, 1.165) is 23.1 Å².